The van der Waals surface area contributed by atoms with Gasteiger partial charge < -0.3 is 14.5 Å². The Kier molecular flexibility index (Phi) is 4.08. The van der Waals surface area contributed by atoms with Gasteiger partial charge in [0.25, 0.3) is 5.91 Å². The average Bonchev–Trinajstić information content (AvgIpc) is 3.42. The quantitative estimate of drug-likeness (QED) is 0.859. The molecule has 1 saturated carbocycles. The predicted octanol–water partition coefficient (Wildman–Crippen LogP) is 2.41. The van der Waals surface area contributed by atoms with Gasteiger partial charge in [-0.25, -0.2) is 0 Å². The van der Waals surface area contributed by atoms with Crippen LogP contribution in [-0.2, 0) is 4.79 Å². The van der Waals surface area contributed by atoms with Crippen LogP contribution in [0.2, 0.25) is 0 Å². The number of rotatable bonds is 3. The maximum absolute atomic E-state index is 12.8. The molecule has 0 spiro atoms. The molecule has 0 radical (unpaired) electrons. The van der Waals surface area contributed by atoms with E-state index in [2.05, 4.69) is 4.90 Å². The molecular formula is C19H24N2O2. The third-order valence-electron chi connectivity index (χ3n) is 5.00. The van der Waals surface area contributed by atoms with Crippen LogP contribution in [0.1, 0.15) is 24.8 Å². The lowest BCUT2D eigenvalue weighted by Crippen LogP contribution is -2.37. The van der Waals surface area contributed by atoms with Gasteiger partial charge in [-0.2, -0.15) is 0 Å². The maximum atomic E-state index is 12.8. The highest BCUT2D eigenvalue weighted by molar-refractivity contribution is 5.99. The molecule has 0 N–H and O–H groups in total. The fourth-order valence-electron chi connectivity index (χ4n) is 3.46. The summed E-state index contributed by atoms with van der Waals surface area (Å²) in [6.45, 7) is 5.44. The van der Waals surface area contributed by atoms with Crippen molar-refractivity contribution in [2.24, 2.45) is 5.92 Å². The molecule has 0 aromatic heterocycles. The number of fused-ring (bicyclic) bond motifs is 1. The molecule has 0 atom stereocenters. The smallest absolute Gasteiger partial charge is 0.253 e. The van der Waals surface area contributed by atoms with Gasteiger partial charge in [-0.05, 0) is 43.9 Å². The van der Waals surface area contributed by atoms with Crippen molar-refractivity contribution in [3.63, 3.8) is 0 Å². The minimum Gasteiger partial charge on any atom is -0.488 e. The van der Waals surface area contributed by atoms with E-state index in [-0.39, 0.29) is 5.91 Å². The summed E-state index contributed by atoms with van der Waals surface area (Å²) >= 11 is 0. The van der Waals surface area contributed by atoms with Crippen molar-refractivity contribution in [2.45, 2.75) is 19.3 Å². The van der Waals surface area contributed by atoms with Crippen molar-refractivity contribution < 1.29 is 9.53 Å². The van der Waals surface area contributed by atoms with Crippen molar-refractivity contribution >= 4 is 12.0 Å². The summed E-state index contributed by atoms with van der Waals surface area (Å²) < 4.78 is 5.74. The predicted molar refractivity (Wildman–Crippen MR) is 90.3 cm³/mol. The molecule has 1 aliphatic carbocycles. The van der Waals surface area contributed by atoms with Crippen LogP contribution < -0.4 is 4.74 Å². The van der Waals surface area contributed by atoms with Crippen LogP contribution in [0.25, 0.3) is 6.08 Å². The zero-order chi connectivity index (χ0) is 15.6. The van der Waals surface area contributed by atoms with Gasteiger partial charge in [0.2, 0.25) is 0 Å². The van der Waals surface area contributed by atoms with E-state index in [1.807, 2.05) is 35.2 Å². The van der Waals surface area contributed by atoms with Crippen LogP contribution >= 0.6 is 0 Å². The molecule has 4 rings (SSSR count). The molecule has 23 heavy (non-hydrogen) atoms. The van der Waals surface area contributed by atoms with Crippen LogP contribution in [0.4, 0.5) is 0 Å². The lowest BCUT2D eigenvalue weighted by atomic mass is 10.1. The SMILES string of the molecule is O=C(C1=Cc2ccccc2OC1)N1CCCN(CC2CC2)CC1. The molecular weight excluding hydrogens is 288 g/mol. The summed E-state index contributed by atoms with van der Waals surface area (Å²) in [5, 5.41) is 0. The molecule has 1 saturated heterocycles. The van der Waals surface area contributed by atoms with Gasteiger partial charge in [-0.15, -0.1) is 0 Å². The first-order chi connectivity index (χ1) is 11.3. The van der Waals surface area contributed by atoms with Gasteiger partial charge in [0, 0.05) is 31.7 Å². The molecule has 2 aliphatic heterocycles. The Morgan fingerprint density at radius 3 is 2.87 bits per heavy atom. The summed E-state index contributed by atoms with van der Waals surface area (Å²) in [4.78, 5) is 17.4. The summed E-state index contributed by atoms with van der Waals surface area (Å²) in [7, 11) is 0. The third-order valence-corrected chi connectivity index (χ3v) is 5.00. The number of para-hydroxylation sites is 1. The third kappa shape index (κ3) is 3.42. The first kappa shape index (κ1) is 14.8. The molecule has 0 unspecified atom stereocenters. The largest absolute Gasteiger partial charge is 0.488 e. The minimum absolute atomic E-state index is 0.146. The normalized spacial score (nSPS) is 21.9. The number of amides is 1. The molecule has 2 fully saturated rings. The van der Waals surface area contributed by atoms with Crippen molar-refractivity contribution in [1.82, 2.24) is 9.80 Å². The van der Waals surface area contributed by atoms with Crippen LogP contribution in [0.5, 0.6) is 5.75 Å². The maximum Gasteiger partial charge on any atom is 0.253 e. The molecule has 4 nitrogen and oxygen atoms in total. The summed E-state index contributed by atoms with van der Waals surface area (Å²) in [5.74, 6) is 1.94. The van der Waals surface area contributed by atoms with Gasteiger partial charge in [0.05, 0.1) is 5.57 Å². The van der Waals surface area contributed by atoms with Gasteiger partial charge in [-0.3, -0.25) is 4.79 Å². The van der Waals surface area contributed by atoms with Crippen LogP contribution in [0, 0.1) is 5.92 Å². The highest BCUT2D eigenvalue weighted by Gasteiger charge is 2.27. The van der Waals surface area contributed by atoms with E-state index >= 15 is 0 Å². The van der Waals surface area contributed by atoms with Crippen molar-refractivity contribution in [3.8, 4) is 5.75 Å². The summed E-state index contributed by atoms with van der Waals surface area (Å²) in [5.41, 5.74) is 1.78. The molecule has 1 aromatic carbocycles. The zero-order valence-corrected chi connectivity index (χ0v) is 13.5. The number of benzene rings is 1. The second-order valence-electron chi connectivity index (χ2n) is 6.89. The Morgan fingerprint density at radius 2 is 2.00 bits per heavy atom. The Balaban J connectivity index is 1.41. The summed E-state index contributed by atoms with van der Waals surface area (Å²) in [6.07, 6.45) is 5.85. The number of nitrogens with zero attached hydrogens (tertiary/aromatic N) is 2. The number of hydrogen-bond acceptors (Lipinski definition) is 3. The van der Waals surface area contributed by atoms with Crippen LogP contribution in [-0.4, -0.2) is 55.0 Å². The topological polar surface area (TPSA) is 32.8 Å². The van der Waals surface area contributed by atoms with E-state index < -0.39 is 0 Å². The Labute approximate surface area is 137 Å². The number of carbonyl (C=O) groups excluding carboxylic acids is 1. The van der Waals surface area contributed by atoms with E-state index in [0.717, 1.165) is 55.4 Å². The van der Waals surface area contributed by atoms with Crippen molar-refractivity contribution in [1.29, 1.82) is 0 Å². The fourth-order valence-corrected chi connectivity index (χ4v) is 3.46. The molecule has 1 amide bonds. The van der Waals surface area contributed by atoms with E-state index in [0.29, 0.717) is 6.61 Å². The summed E-state index contributed by atoms with van der Waals surface area (Å²) in [6, 6.07) is 7.90. The van der Waals surface area contributed by atoms with Crippen LogP contribution in [0.3, 0.4) is 0 Å². The Morgan fingerprint density at radius 1 is 1.13 bits per heavy atom. The van der Waals surface area contributed by atoms with Gasteiger partial charge in [0.1, 0.15) is 12.4 Å². The minimum atomic E-state index is 0.146. The number of hydrogen-bond donors (Lipinski definition) is 0. The second-order valence-corrected chi connectivity index (χ2v) is 6.89. The van der Waals surface area contributed by atoms with E-state index in [4.69, 9.17) is 4.74 Å². The highest BCUT2D eigenvalue weighted by atomic mass is 16.5. The molecule has 3 aliphatic rings. The van der Waals surface area contributed by atoms with E-state index in [1.165, 1.54) is 19.4 Å². The monoisotopic (exact) mass is 312 g/mol. The second kappa shape index (κ2) is 6.36. The lowest BCUT2D eigenvalue weighted by molar-refractivity contribution is -0.127. The zero-order valence-electron chi connectivity index (χ0n) is 13.5. The van der Waals surface area contributed by atoms with Crippen molar-refractivity contribution in [2.75, 3.05) is 39.3 Å². The molecule has 0 bridgehead atoms. The fraction of sp³-hybridized carbons (Fsp3) is 0.526. The van der Waals surface area contributed by atoms with Crippen LogP contribution in [0.15, 0.2) is 29.8 Å². The van der Waals surface area contributed by atoms with Gasteiger partial charge >= 0.3 is 0 Å². The van der Waals surface area contributed by atoms with Gasteiger partial charge in [0.15, 0.2) is 0 Å². The van der Waals surface area contributed by atoms with Gasteiger partial charge in [-0.1, -0.05) is 18.2 Å². The van der Waals surface area contributed by atoms with Crippen molar-refractivity contribution in [3.05, 3.63) is 35.4 Å². The van der Waals surface area contributed by atoms with E-state index in [9.17, 15) is 4.79 Å². The first-order valence-corrected chi connectivity index (χ1v) is 8.73. The standard InChI is InChI=1S/C19H24N2O2/c22-19(17-12-16-4-1-2-5-18(16)23-14-17)21-9-3-8-20(10-11-21)13-15-6-7-15/h1-2,4-5,12,15H,3,6-11,13-14H2. The van der Waals surface area contributed by atoms with E-state index in [1.54, 1.807) is 0 Å². The number of ether oxygens (including phenoxy) is 1. The average molecular weight is 312 g/mol. The lowest BCUT2D eigenvalue weighted by Gasteiger charge is -2.25. The number of carbonyl (C=O) groups is 1. The molecule has 4 heteroatoms. The Hall–Kier alpha value is -1.81. The molecule has 2 heterocycles. The Bertz CT molecular complexity index is 622. The molecule has 122 valence electrons. The first-order valence-electron chi connectivity index (χ1n) is 8.73. The molecule has 1 aromatic rings. The highest BCUT2D eigenvalue weighted by Crippen LogP contribution is 2.30.